The van der Waals surface area contributed by atoms with E-state index < -0.39 is 0 Å². The maximum Gasteiger partial charge on any atom is 0.262 e. The summed E-state index contributed by atoms with van der Waals surface area (Å²) < 4.78 is 16.2. The minimum atomic E-state index is -0.254. The number of methoxy groups -OCH3 is 2. The fourth-order valence-electron chi connectivity index (χ4n) is 2.91. The van der Waals surface area contributed by atoms with Gasteiger partial charge in [-0.15, -0.1) is 0 Å². The molecule has 1 amide bonds. The molecule has 0 aromatic heterocycles. The van der Waals surface area contributed by atoms with Gasteiger partial charge in [0.2, 0.25) is 0 Å². The number of carbonyl (C=O) groups is 1. The lowest BCUT2D eigenvalue weighted by Crippen LogP contribution is -2.20. The van der Waals surface area contributed by atoms with Gasteiger partial charge in [0.25, 0.3) is 5.91 Å². The Bertz CT molecular complexity index is 1120. The molecular formula is C25H22N2O4. The molecule has 0 radical (unpaired) electrons. The van der Waals surface area contributed by atoms with Crippen LogP contribution in [0.3, 0.4) is 0 Å². The minimum Gasteiger partial charge on any atom is -0.493 e. The molecule has 0 spiro atoms. The van der Waals surface area contributed by atoms with Gasteiger partial charge in [-0.3, -0.25) is 4.79 Å². The first-order chi connectivity index (χ1) is 15.1. The number of benzene rings is 3. The molecule has 6 nitrogen and oxygen atoms in total. The fourth-order valence-corrected chi connectivity index (χ4v) is 2.91. The van der Waals surface area contributed by atoms with E-state index in [1.54, 1.807) is 68.8 Å². The van der Waals surface area contributed by atoms with Crippen molar-refractivity contribution in [3.05, 3.63) is 83.9 Å². The van der Waals surface area contributed by atoms with Crippen molar-refractivity contribution in [1.82, 2.24) is 0 Å². The highest BCUT2D eigenvalue weighted by Gasteiger charge is 2.09. The number of nitriles is 1. The summed E-state index contributed by atoms with van der Waals surface area (Å²) in [5.41, 5.74) is 2.64. The van der Waals surface area contributed by atoms with Gasteiger partial charge in [0, 0.05) is 5.69 Å². The first-order valence-corrected chi connectivity index (χ1v) is 9.55. The quantitative estimate of drug-likeness (QED) is 0.424. The van der Waals surface area contributed by atoms with E-state index in [0.29, 0.717) is 34.1 Å². The lowest BCUT2D eigenvalue weighted by molar-refractivity contribution is -0.118. The number of allylic oxidation sites excluding steroid dienone is 1. The molecule has 1 N–H and O–H groups in total. The van der Waals surface area contributed by atoms with Crippen LogP contribution in [0.5, 0.6) is 17.2 Å². The summed E-state index contributed by atoms with van der Waals surface area (Å²) in [4.78, 5) is 12.1. The van der Waals surface area contributed by atoms with E-state index in [-0.39, 0.29) is 12.5 Å². The Morgan fingerprint density at radius 1 is 0.968 bits per heavy atom. The molecule has 31 heavy (non-hydrogen) atoms. The summed E-state index contributed by atoms with van der Waals surface area (Å²) >= 11 is 0. The number of anilines is 1. The summed E-state index contributed by atoms with van der Waals surface area (Å²) in [5, 5.41) is 12.4. The molecule has 0 aliphatic carbocycles. The van der Waals surface area contributed by atoms with Gasteiger partial charge in [-0.1, -0.05) is 30.3 Å². The molecule has 0 saturated carbocycles. The van der Waals surface area contributed by atoms with E-state index in [2.05, 4.69) is 11.4 Å². The van der Waals surface area contributed by atoms with Crippen LogP contribution in [0.4, 0.5) is 5.69 Å². The lowest BCUT2D eigenvalue weighted by atomic mass is 10.0. The smallest absolute Gasteiger partial charge is 0.262 e. The van der Waals surface area contributed by atoms with E-state index in [0.717, 1.165) is 5.56 Å². The molecule has 0 unspecified atom stereocenters. The molecular weight excluding hydrogens is 392 g/mol. The molecule has 156 valence electrons. The molecule has 0 heterocycles. The van der Waals surface area contributed by atoms with Crippen molar-refractivity contribution < 1.29 is 19.0 Å². The van der Waals surface area contributed by atoms with Crippen molar-refractivity contribution in [3.8, 4) is 23.3 Å². The molecule has 0 fully saturated rings. The van der Waals surface area contributed by atoms with Crippen molar-refractivity contribution in [3.63, 3.8) is 0 Å². The average Bonchev–Trinajstić information content (AvgIpc) is 2.81. The number of carbonyl (C=O) groups excluding carboxylic acids is 1. The summed E-state index contributed by atoms with van der Waals surface area (Å²) in [6, 6.07) is 23.9. The van der Waals surface area contributed by atoms with Gasteiger partial charge in [0.05, 0.1) is 25.9 Å². The van der Waals surface area contributed by atoms with Crippen LogP contribution in [0, 0.1) is 11.3 Å². The van der Waals surface area contributed by atoms with Gasteiger partial charge in [0.15, 0.2) is 18.1 Å². The van der Waals surface area contributed by atoms with Gasteiger partial charge in [-0.2, -0.15) is 5.26 Å². The largest absolute Gasteiger partial charge is 0.493 e. The molecule has 0 bridgehead atoms. The Kier molecular flexibility index (Phi) is 7.28. The Labute approximate surface area is 181 Å². The number of nitrogens with zero attached hydrogens (tertiary/aromatic N) is 1. The van der Waals surface area contributed by atoms with Crippen LogP contribution in [0.2, 0.25) is 0 Å². The normalized spacial score (nSPS) is 10.7. The highest BCUT2D eigenvalue weighted by atomic mass is 16.5. The van der Waals surface area contributed by atoms with Crippen LogP contribution < -0.4 is 19.5 Å². The van der Waals surface area contributed by atoms with Crippen molar-refractivity contribution >= 4 is 23.2 Å². The molecule has 3 aromatic rings. The van der Waals surface area contributed by atoms with Crippen molar-refractivity contribution in [1.29, 1.82) is 5.26 Å². The zero-order valence-corrected chi connectivity index (χ0v) is 17.3. The highest BCUT2D eigenvalue weighted by molar-refractivity contribution is 5.92. The standard InChI is InChI=1S/C25H22N2O4/c1-29-23-12-11-19(15-24(23)30-2)20(16-26)13-18-7-6-10-22(14-18)31-17-25(28)27-21-8-4-3-5-9-21/h3-15H,17H2,1-2H3,(H,27,28)/b20-13+. The summed E-state index contributed by atoms with van der Waals surface area (Å²) in [6.45, 7) is -0.122. The zero-order chi connectivity index (χ0) is 22.1. The predicted octanol–water partition coefficient (Wildman–Crippen LogP) is 4.79. The lowest BCUT2D eigenvalue weighted by Gasteiger charge is -2.10. The molecule has 6 heteroatoms. The highest BCUT2D eigenvalue weighted by Crippen LogP contribution is 2.31. The van der Waals surface area contributed by atoms with Crippen LogP contribution in [-0.4, -0.2) is 26.7 Å². The third kappa shape index (κ3) is 5.87. The summed E-state index contributed by atoms with van der Waals surface area (Å²) in [7, 11) is 3.11. The fraction of sp³-hybridized carbons (Fsp3) is 0.120. The Morgan fingerprint density at radius 2 is 1.74 bits per heavy atom. The molecule has 3 rings (SSSR count). The van der Waals surface area contributed by atoms with E-state index in [1.165, 1.54) is 0 Å². The third-order valence-electron chi connectivity index (χ3n) is 4.41. The number of para-hydroxylation sites is 1. The van der Waals surface area contributed by atoms with Gasteiger partial charge in [-0.25, -0.2) is 0 Å². The number of ether oxygens (including phenoxy) is 3. The minimum absolute atomic E-state index is 0.122. The monoisotopic (exact) mass is 414 g/mol. The maximum absolute atomic E-state index is 12.1. The number of amides is 1. The summed E-state index contributed by atoms with van der Waals surface area (Å²) in [6.07, 6.45) is 1.75. The van der Waals surface area contributed by atoms with Crippen LogP contribution in [0.15, 0.2) is 72.8 Å². The first kappa shape index (κ1) is 21.5. The van der Waals surface area contributed by atoms with Crippen molar-refractivity contribution in [2.45, 2.75) is 0 Å². The first-order valence-electron chi connectivity index (χ1n) is 9.55. The number of hydrogen-bond acceptors (Lipinski definition) is 5. The Hall–Kier alpha value is -4.24. The second-order valence-corrected chi connectivity index (χ2v) is 6.51. The van der Waals surface area contributed by atoms with Gasteiger partial charge >= 0.3 is 0 Å². The zero-order valence-electron chi connectivity index (χ0n) is 17.3. The number of rotatable bonds is 8. The van der Waals surface area contributed by atoms with Gasteiger partial charge < -0.3 is 19.5 Å². The van der Waals surface area contributed by atoms with Crippen LogP contribution in [0.1, 0.15) is 11.1 Å². The predicted molar refractivity (Wildman–Crippen MR) is 120 cm³/mol. The molecule has 0 aliphatic rings. The van der Waals surface area contributed by atoms with Crippen LogP contribution >= 0.6 is 0 Å². The second-order valence-electron chi connectivity index (χ2n) is 6.51. The summed E-state index contributed by atoms with van der Waals surface area (Å²) in [5.74, 6) is 1.41. The van der Waals surface area contributed by atoms with Gasteiger partial charge in [0.1, 0.15) is 5.75 Å². The second kappa shape index (κ2) is 10.5. The van der Waals surface area contributed by atoms with E-state index in [9.17, 15) is 10.1 Å². The Balaban J connectivity index is 1.72. The topological polar surface area (TPSA) is 80.6 Å². The number of hydrogen-bond donors (Lipinski definition) is 1. The molecule has 0 saturated heterocycles. The Morgan fingerprint density at radius 3 is 2.45 bits per heavy atom. The maximum atomic E-state index is 12.1. The van der Waals surface area contributed by atoms with E-state index >= 15 is 0 Å². The van der Waals surface area contributed by atoms with Crippen molar-refractivity contribution in [2.24, 2.45) is 0 Å². The average molecular weight is 414 g/mol. The van der Waals surface area contributed by atoms with E-state index in [4.69, 9.17) is 14.2 Å². The number of nitrogens with one attached hydrogen (secondary N) is 1. The molecule has 0 aliphatic heterocycles. The third-order valence-corrected chi connectivity index (χ3v) is 4.41. The molecule has 3 aromatic carbocycles. The van der Waals surface area contributed by atoms with Crippen molar-refractivity contribution in [2.75, 3.05) is 26.1 Å². The van der Waals surface area contributed by atoms with E-state index in [1.807, 2.05) is 24.3 Å². The van der Waals surface area contributed by atoms with Crippen LogP contribution in [0.25, 0.3) is 11.6 Å². The molecule has 0 atom stereocenters. The van der Waals surface area contributed by atoms with Gasteiger partial charge in [-0.05, 0) is 59.7 Å². The van der Waals surface area contributed by atoms with Crippen LogP contribution in [-0.2, 0) is 4.79 Å². The SMILES string of the molecule is COc1ccc(/C(C#N)=C/c2cccc(OCC(=O)Nc3ccccc3)c2)cc1OC.